The van der Waals surface area contributed by atoms with Gasteiger partial charge in [0.1, 0.15) is 18.2 Å². The number of halogens is 3. The fraction of sp³-hybridized carbons (Fsp3) is 0.667. The van der Waals surface area contributed by atoms with Crippen LogP contribution in [-0.2, 0) is 0 Å². The predicted molar refractivity (Wildman–Crippen MR) is 35.5 cm³/mol. The summed E-state index contributed by atoms with van der Waals surface area (Å²) in [6.07, 6.45) is -3.16. The Morgan fingerprint density at radius 1 is 1.50 bits per heavy atom. The third kappa shape index (κ3) is 1.57. The summed E-state index contributed by atoms with van der Waals surface area (Å²) in [5.41, 5.74) is 0. The van der Waals surface area contributed by atoms with Gasteiger partial charge in [-0.2, -0.15) is 18.3 Å². The van der Waals surface area contributed by atoms with Gasteiger partial charge in [-0.05, 0) is 13.8 Å². The van der Waals surface area contributed by atoms with Crippen molar-refractivity contribution in [1.29, 1.82) is 0 Å². The molecule has 1 aromatic rings. The van der Waals surface area contributed by atoms with Crippen LogP contribution in [0.15, 0.2) is 6.33 Å². The Morgan fingerprint density at radius 3 is 2.42 bits per heavy atom. The first kappa shape index (κ1) is 9.02. The maximum Gasteiger partial charge on any atom is 0.410 e. The molecule has 0 radical (unpaired) electrons. The van der Waals surface area contributed by atoms with Crippen molar-refractivity contribution in [2.24, 2.45) is 0 Å². The van der Waals surface area contributed by atoms with E-state index in [2.05, 4.69) is 10.1 Å². The summed E-state index contributed by atoms with van der Waals surface area (Å²) in [5, 5.41) is 3.47. The third-order valence-corrected chi connectivity index (χ3v) is 1.59. The minimum absolute atomic E-state index is 0.264. The highest BCUT2D eigenvalue weighted by Gasteiger charge is 2.38. The van der Waals surface area contributed by atoms with Crippen LogP contribution in [-0.4, -0.2) is 20.9 Å². The zero-order chi connectivity index (χ0) is 9.35. The molecule has 1 aromatic heterocycles. The molecule has 0 aromatic carbocycles. The average molecular weight is 179 g/mol. The molecule has 1 heterocycles. The minimum atomic E-state index is -4.27. The van der Waals surface area contributed by atoms with E-state index in [1.807, 2.05) is 0 Å². The van der Waals surface area contributed by atoms with E-state index < -0.39 is 12.2 Å². The molecule has 0 aliphatic rings. The Morgan fingerprint density at radius 2 is 2.08 bits per heavy atom. The van der Waals surface area contributed by atoms with Crippen molar-refractivity contribution >= 4 is 0 Å². The van der Waals surface area contributed by atoms with Crippen LogP contribution in [0.3, 0.4) is 0 Å². The van der Waals surface area contributed by atoms with E-state index in [0.29, 0.717) is 0 Å². The van der Waals surface area contributed by atoms with Crippen LogP contribution in [0.2, 0.25) is 0 Å². The lowest BCUT2D eigenvalue weighted by molar-refractivity contribution is -0.165. The SMILES string of the molecule is Cc1ncnn1[C@H](C)C(F)(F)F. The molecule has 0 amide bonds. The maximum absolute atomic E-state index is 12.1. The Kier molecular flexibility index (Phi) is 2.08. The summed E-state index contributed by atoms with van der Waals surface area (Å²) in [7, 11) is 0. The van der Waals surface area contributed by atoms with Gasteiger partial charge in [-0.15, -0.1) is 0 Å². The number of nitrogens with zero attached hydrogens (tertiary/aromatic N) is 3. The van der Waals surface area contributed by atoms with E-state index in [4.69, 9.17) is 0 Å². The molecule has 0 bridgehead atoms. The van der Waals surface area contributed by atoms with Crippen LogP contribution in [0, 0.1) is 6.92 Å². The van der Waals surface area contributed by atoms with E-state index >= 15 is 0 Å². The monoisotopic (exact) mass is 179 g/mol. The van der Waals surface area contributed by atoms with Gasteiger partial charge in [0, 0.05) is 0 Å². The second-order valence-corrected chi connectivity index (χ2v) is 2.47. The molecule has 0 N–H and O–H groups in total. The lowest BCUT2D eigenvalue weighted by atomic mass is 10.3. The molecule has 0 unspecified atom stereocenters. The summed E-state index contributed by atoms with van der Waals surface area (Å²) in [5.74, 6) is 0.264. The van der Waals surface area contributed by atoms with E-state index in [0.717, 1.165) is 17.9 Å². The smallest absolute Gasteiger partial charge is 0.238 e. The van der Waals surface area contributed by atoms with Gasteiger partial charge >= 0.3 is 6.18 Å². The van der Waals surface area contributed by atoms with Crippen molar-refractivity contribution in [3.63, 3.8) is 0 Å². The van der Waals surface area contributed by atoms with Crippen LogP contribution in [0.5, 0.6) is 0 Å². The molecule has 0 saturated heterocycles. The van der Waals surface area contributed by atoms with Crippen LogP contribution >= 0.6 is 0 Å². The molecule has 0 fully saturated rings. The lowest BCUT2D eigenvalue weighted by Gasteiger charge is -2.16. The molecule has 0 aliphatic heterocycles. The molecule has 0 spiro atoms. The van der Waals surface area contributed by atoms with Gasteiger partial charge < -0.3 is 0 Å². The first-order valence-corrected chi connectivity index (χ1v) is 3.35. The second kappa shape index (κ2) is 2.76. The Hall–Kier alpha value is -1.07. The third-order valence-electron chi connectivity index (χ3n) is 1.59. The summed E-state index contributed by atoms with van der Waals surface area (Å²) >= 11 is 0. The van der Waals surface area contributed by atoms with E-state index in [1.165, 1.54) is 6.92 Å². The molecule has 0 aliphatic carbocycles. The quantitative estimate of drug-likeness (QED) is 0.657. The molecule has 1 atom stereocenters. The van der Waals surface area contributed by atoms with Gasteiger partial charge in [0.2, 0.25) is 0 Å². The topological polar surface area (TPSA) is 30.7 Å². The molecular weight excluding hydrogens is 171 g/mol. The number of rotatable bonds is 1. The largest absolute Gasteiger partial charge is 0.410 e. The maximum atomic E-state index is 12.1. The summed E-state index contributed by atoms with van der Waals surface area (Å²) < 4.78 is 37.2. The van der Waals surface area contributed by atoms with Crippen LogP contribution in [0.4, 0.5) is 13.2 Å². The number of aromatic nitrogens is 3. The van der Waals surface area contributed by atoms with Gasteiger partial charge in [-0.25, -0.2) is 9.67 Å². The van der Waals surface area contributed by atoms with Crippen molar-refractivity contribution in [3.8, 4) is 0 Å². The van der Waals surface area contributed by atoms with Crippen molar-refractivity contribution in [3.05, 3.63) is 12.2 Å². The normalized spacial score (nSPS) is 14.8. The number of hydrogen-bond donors (Lipinski definition) is 0. The Labute approximate surface area is 67.2 Å². The summed E-state index contributed by atoms with van der Waals surface area (Å²) in [4.78, 5) is 3.60. The predicted octanol–water partition coefficient (Wildman–Crippen LogP) is 1.71. The van der Waals surface area contributed by atoms with E-state index in [-0.39, 0.29) is 5.82 Å². The van der Waals surface area contributed by atoms with Gasteiger partial charge in [-0.3, -0.25) is 0 Å². The summed E-state index contributed by atoms with van der Waals surface area (Å²) in [6.45, 7) is 2.52. The zero-order valence-electron chi connectivity index (χ0n) is 6.63. The first-order valence-electron chi connectivity index (χ1n) is 3.35. The molecule has 1 rings (SSSR count). The fourth-order valence-electron chi connectivity index (χ4n) is 0.827. The first-order chi connectivity index (χ1) is 5.43. The van der Waals surface area contributed by atoms with Crippen LogP contribution < -0.4 is 0 Å². The molecular formula is C6H8F3N3. The minimum Gasteiger partial charge on any atom is -0.238 e. The fourth-order valence-corrected chi connectivity index (χ4v) is 0.827. The lowest BCUT2D eigenvalue weighted by Crippen LogP contribution is -2.25. The standard InChI is InChI=1S/C6H8F3N3/c1-4(6(7,8)9)12-5(2)10-3-11-12/h3-4H,1-2H3/t4-/m1/s1. The molecule has 3 nitrogen and oxygen atoms in total. The van der Waals surface area contributed by atoms with Crippen molar-refractivity contribution < 1.29 is 13.2 Å². The molecule has 68 valence electrons. The Bertz CT molecular complexity index is 265. The van der Waals surface area contributed by atoms with Gasteiger partial charge in [-0.1, -0.05) is 0 Å². The van der Waals surface area contributed by atoms with Crippen molar-refractivity contribution in [2.75, 3.05) is 0 Å². The average Bonchev–Trinajstić information content (AvgIpc) is 2.31. The number of aryl methyl sites for hydroxylation is 1. The highest BCUT2D eigenvalue weighted by atomic mass is 19.4. The molecule has 0 saturated carbocycles. The van der Waals surface area contributed by atoms with Crippen molar-refractivity contribution in [1.82, 2.24) is 14.8 Å². The van der Waals surface area contributed by atoms with E-state index in [9.17, 15) is 13.2 Å². The molecule has 12 heavy (non-hydrogen) atoms. The number of alkyl halides is 3. The highest BCUT2D eigenvalue weighted by Crippen LogP contribution is 2.29. The van der Waals surface area contributed by atoms with Gasteiger partial charge in [0.05, 0.1) is 0 Å². The Balaban J connectivity index is 2.92. The van der Waals surface area contributed by atoms with Gasteiger partial charge in [0.25, 0.3) is 0 Å². The summed E-state index contributed by atoms with van der Waals surface area (Å²) in [6, 6.07) is -1.61. The second-order valence-electron chi connectivity index (χ2n) is 2.47. The van der Waals surface area contributed by atoms with Crippen molar-refractivity contribution in [2.45, 2.75) is 26.1 Å². The zero-order valence-corrected chi connectivity index (χ0v) is 6.63. The highest BCUT2D eigenvalue weighted by molar-refractivity contribution is 4.84. The van der Waals surface area contributed by atoms with Crippen LogP contribution in [0.25, 0.3) is 0 Å². The molecule has 6 heteroatoms. The van der Waals surface area contributed by atoms with E-state index in [1.54, 1.807) is 0 Å². The van der Waals surface area contributed by atoms with Crippen LogP contribution in [0.1, 0.15) is 18.8 Å². The number of hydrogen-bond acceptors (Lipinski definition) is 2. The van der Waals surface area contributed by atoms with Gasteiger partial charge in [0.15, 0.2) is 0 Å².